The fourth-order valence-corrected chi connectivity index (χ4v) is 9.79. The molecule has 0 rings (SSSR count). The molecule has 1 unspecified atom stereocenters. The molecule has 6 nitrogen and oxygen atoms in total. The average molecular weight is 1060 g/mol. The van der Waals surface area contributed by atoms with E-state index in [0.717, 1.165) is 96.3 Å². The van der Waals surface area contributed by atoms with Gasteiger partial charge in [0.05, 0.1) is 0 Å². The van der Waals surface area contributed by atoms with Crippen LogP contribution in [0.5, 0.6) is 0 Å². The van der Waals surface area contributed by atoms with Crippen molar-refractivity contribution < 1.29 is 28.6 Å². The maximum atomic E-state index is 12.9. The summed E-state index contributed by atoms with van der Waals surface area (Å²) in [6, 6.07) is 0. The van der Waals surface area contributed by atoms with Gasteiger partial charge in [-0.05, 0) is 83.5 Å². The van der Waals surface area contributed by atoms with Crippen LogP contribution in [0.1, 0.15) is 348 Å². The maximum absolute atomic E-state index is 12.9. The Bertz CT molecular complexity index is 1360. The van der Waals surface area contributed by atoms with Crippen LogP contribution in [-0.4, -0.2) is 37.2 Å². The number of unbranched alkanes of at least 4 members (excludes halogenated alkanes) is 40. The molecule has 76 heavy (non-hydrogen) atoms. The number of carbonyl (C=O) groups excluding carboxylic acids is 3. The molecule has 0 spiro atoms. The van der Waals surface area contributed by atoms with Gasteiger partial charge in [-0.15, -0.1) is 0 Å². The molecular formula is C70H126O6. The third-order valence-corrected chi connectivity index (χ3v) is 14.8. The van der Waals surface area contributed by atoms with Crippen LogP contribution in [0.2, 0.25) is 0 Å². The topological polar surface area (TPSA) is 78.9 Å². The largest absolute Gasteiger partial charge is 0.462 e. The van der Waals surface area contributed by atoms with Crippen molar-refractivity contribution >= 4 is 17.9 Å². The average Bonchev–Trinajstić information content (AvgIpc) is 3.42. The predicted octanol–water partition coefficient (Wildman–Crippen LogP) is 22.7. The predicted molar refractivity (Wildman–Crippen MR) is 330 cm³/mol. The van der Waals surface area contributed by atoms with E-state index in [4.69, 9.17) is 14.2 Å². The Kier molecular flexibility index (Phi) is 62.2. The van der Waals surface area contributed by atoms with E-state index in [9.17, 15) is 14.4 Å². The third kappa shape index (κ3) is 62.0. The summed E-state index contributed by atoms with van der Waals surface area (Å²) in [7, 11) is 0. The molecule has 0 aliphatic heterocycles. The van der Waals surface area contributed by atoms with Crippen LogP contribution in [-0.2, 0) is 28.6 Å². The van der Waals surface area contributed by atoms with E-state index < -0.39 is 6.10 Å². The van der Waals surface area contributed by atoms with Crippen molar-refractivity contribution in [3.63, 3.8) is 0 Å². The Balaban J connectivity index is 4.34. The Morgan fingerprint density at radius 1 is 0.276 bits per heavy atom. The zero-order chi connectivity index (χ0) is 55.0. The highest BCUT2D eigenvalue weighted by Gasteiger charge is 2.19. The lowest BCUT2D eigenvalue weighted by Gasteiger charge is -2.18. The van der Waals surface area contributed by atoms with Crippen LogP contribution in [0, 0.1) is 0 Å². The first-order valence-electron chi connectivity index (χ1n) is 33.3. The minimum atomic E-state index is -0.784. The zero-order valence-corrected chi connectivity index (χ0v) is 50.8. The third-order valence-electron chi connectivity index (χ3n) is 14.8. The number of esters is 3. The van der Waals surface area contributed by atoms with E-state index in [-0.39, 0.29) is 31.1 Å². The van der Waals surface area contributed by atoms with Crippen LogP contribution < -0.4 is 0 Å². The molecule has 1 atom stereocenters. The minimum Gasteiger partial charge on any atom is -0.462 e. The van der Waals surface area contributed by atoms with Crippen molar-refractivity contribution in [1.29, 1.82) is 0 Å². The van der Waals surface area contributed by atoms with Crippen molar-refractivity contribution in [2.75, 3.05) is 13.2 Å². The van der Waals surface area contributed by atoms with Gasteiger partial charge in [-0.1, -0.05) is 306 Å². The first kappa shape index (κ1) is 73.1. The normalized spacial score (nSPS) is 12.4. The van der Waals surface area contributed by atoms with E-state index >= 15 is 0 Å². The fourth-order valence-electron chi connectivity index (χ4n) is 9.79. The second kappa shape index (κ2) is 64.6. The van der Waals surface area contributed by atoms with E-state index in [1.807, 2.05) is 0 Å². The number of allylic oxidation sites excluding steroid dienone is 10. The van der Waals surface area contributed by atoms with Crippen LogP contribution >= 0.6 is 0 Å². The summed E-state index contributed by atoms with van der Waals surface area (Å²) in [5.74, 6) is -0.883. The number of rotatable bonds is 61. The van der Waals surface area contributed by atoms with Crippen LogP contribution in [0.3, 0.4) is 0 Å². The summed E-state index contributed by atoms with van der Waals surface area (Å²) in [4.78, 5) is 38.4. The lowest BCUT2D eigenvalue weighted by Crippen LogP contribution is -2.30. The van der Waals surface area contributed by atoms with Gasteiger partial charge in [-0.3, -0.25) is 14.4 Å². The minimum absolute atomic E-state index is 0.0790. The standard InChI is InChI=1S/C70H126O6/c1-4-7-10-13-16-19-22-25-28-31-33-34-35-36-37-40-42-45-48-51-54-57-60-63-69(72)75-66-67(65-74-68(71)62-59-56-53-50-47-44-41-38-30-27-24-21-18-15-12-9-6-3)76-70(73)64-61-58-55-52-49-46-43-39-32-29-26-23-20-17-14-11-8-5-2/h9,12,18,21,27,30-31,33,41,44,67H,4-8,10-11,13-17,19-20,22-26,28-29,32,34-40,42-43,45-66H2,1-3H3/b12-9-,21-18-,30-27-,33-31-,44-41-. The van der Waals surface area contributed by atoms with Crippen molar-refractivity contribution in [1.82, 2.24) is 0 Å². The zero-order valence-electron chi connectivity index (χ0n) is 50.8. The van der Waals surface area contributed by atoms with Gasteiger partial charge in [0.15, 0.2) is 6.10 Å². The second-order valence-electron chi connectivity index (χ2n) is 22.4. The molecule has 0 aromatic carbocycles. The van der Waals surface area contributed by atoms with Gasteiger partial charge in [-0.25, -0.2) is 0 Å². The van der Waals surface area contributed by atoms with Crippen LogP contribution in [0.15, 0.2) is 60.8 Å². The second-order valence-corrected chi connectivity index (χ2v) is 22.4. The summed E-state index contributed by atoms with van der Waals surface area (Å²) in [5, 5.41) is 0. The van der Waals surface area contributed by atoms with Gasteiger partial charge in [0, 0.05) is 19.3 Å². The number of carbonyl (C=O) groups is 3. The molecule has 0 aromatic heterocycles. The van der Waals surface area contributed by atoms with Gasteiger partial charge < -0.3 is 14.2 Å². The molecule has 0 aliphatic carbocycles. The van der Waals surface area contributed by atoms with Gasteiger partial charge in [0.1, 0.15) is 13.2 Å². The van der Waals surface area contributed by atoms with Crippen molar-refractivity contribution in [2.45, 2.75) is 354 Å². The van der Waals surface area contributed by atoms with E-state index in [0.29, 0.717) is 19.3 Å². The molecule has 0 aromatic rings. The van der Waals surface area contributed by atoms with E-state index in [1.165, 1.54) is 212 Å². The van der Waals surface area contributed by atoms with E-state index in [2.05, 4.69) is 81.5 Å². The Labute approximate surface area is 472 Å². The Morgan fingerprint density at radius 3 is 0.816 bits per heavy atom. The van der Waals surface area contributed by atoms with Gasteiger partial charge in [0.25, 0.3) is 0 Å². The van der Waals surface area contributed by atoms with Crippen LogP contribution in [0.4, 0.5) is 0 Å². The molecule has 0 heterocycles. The monoisotopic (exact) mass is 1060 g/mol. The van der Waals surface area contributed by atoms with Gasteiger partial charge in [-0.2, -0.15) is 0 Å². The number of hydrogen-bond acceptors (Lipinski definition) is 6. The molecular weight excluding hydrogens is 937 g/mol. The number of hydrogen-bond donors (Lipinski definition) is 0. The van der Waals surface area contributed by atoms with Crippen LogP contribution in [0.25, 0.3) is 0 Å². The maximum Gasteiger partial charge on any atom is 0.306 e. The van der Waals surface area contributed by atoms with Gasteiger partial charge in [0.2, 0.25) is 0 Å². The lowest BCUT2D eigenvalue weighted by atomic mass is 10.0. The molecule has 0 radical (unpaired) electrons. The molecule has 0 N–H and O–H groups in total. The summed E-state index contributed by atoms with van der Waals surface area (Å²) < 4.78 is 17.0. The number of ether oxygens (including phenoxy) is 3. The quantitative estimate of drug-likeness (QED) is 0.0261. The SMILES string of the molecule is CC/C=C\C/C=C\C/C=C\C/C=C\CCCCCCC(=O)OCC(COC(=O)CCCCCCCCCCCCC/C=C\CCCCCCCCCC)OC(=O)CCCCCCCCCCCCCCCCCCCC. The first-order chi connectivity index (χ1) is 37.5. The molecule has 0 saturated carbocycles. The van der Waals surface area contributed by atoms with Crippen molar-refractivity contribution in [3.05, 3.63) is 60.8 Å². The fraction of sp³-hybridized carbons (Fsp3) is 0.814. The highest BCUT2D eigenvalue weighted by atomic mass is 16.6. The summed E-state index contributed by atoms with van der Waals surface area (Å²) in [6.07, 6.45) is 82.3. The first-order valence-corrected chi connectivity index (χ1v) is 33.3. The molecule has 442 valence electrons. The lowest BCUT2D eigenvalue weighted by molar-refractivity contribution is -0.167. The summed E-state index contributed by atoms with van der Waals surface area (Å²) in [6.45, 7) is 6.56. The Hall–Kier alpha value is -2.89. The molecule has 0 aliphatic rings. The van der Waals surface area contributed by atoms with Crippen molar-refractivity contribution in [3.8, 4) is 0 Å². The van der Waals surface area contributed by atoms with Gasteiger partial charge >= 0.3 is 17.9 Å². The summed E-state index contributed by atoms with van der Waals surface area (Å²) in [5.41, 5.74) is 0. The highest BCUT2D eigenvalue weighted by Crippen LogP contribution is 2.17. The molecule has 0 bridgehead atoms. The molecule has 6 heteroatoms. The van der Waals surface area contributed by atoms with Crippen molar-refractivity contribution in [2.24, 2.45) is 0 Å². The molecule has 0 fully saturated rings. The Morgan fingerprint density at radius 2 is 0.513 bits per heavy atom. The highest BCUT2D eigenvalue weighted by molar-refractivity contribution is 5.71. The molecule has 0 saturated heterocycles. The van der Waals surface area contributed by atoms with E-state index in [1.54, 1.807) is 0 Å². The molecule has 0 amide bonds. The summed E-state index contributed by atoms with van der Waals surface area (Å²) >= 11 is 0. The smallest absolute Gasteiger partial charge is 0.306 e.